The maximum Gasteiger partial charge on any atom is 0.271 e. The minimum atomic E-state index is -0.635. The lowest BCUT2D eigenvalue weighted by Gasteiger charge is -2.30. The molecule has 0 radical (unpaired) electrons. The highest BCUT2D eigenvalue weighted by Gasteiger charge is 2.27. The minimum absolute atomic E-state index is 0.0117. The number of amides is 1. The quantitative estimate of drug-likeness (QED) is 0.670. The summed E-state index contributed by atoms with van der Waals surface area (Å²) in [5, 5.41) is 20.3. The summed E-state index contributed by atoms with van der Waals surface area (Å²) < 4.78 is 0. The topological polar surface area (TPSA) is 83.7 Å². The average Bonchev–Trinajstić information content (AvgIpc) is 2.40. The summed E-state index contributed by atoms with van der Waals surface area (Å²) >= 11 is 11.8. The Morgan fingerprint density at radius 1 is 1.45 bits per heavy atom. The van der Waals surface area contributed by atoms with E-state index in [9.17, 15) is 20.0 Å². The molecule has 0 spiro atoms. The zero-order valence-electron chi connectivity index (χ0n) is 10.4. The van der Waals surface area contributed by atoms with Crippen LogP contribution < -0.4 is 0 Å². The second-order valence-electron chi connectivity index (χ2n) is 4.59. The van der Waals surface area contributed by atoms with E-state index in [-0.39, 0.29) is 27.8 Å². The van der Waals surface area contributed by atoms with Crippen LogP contribution in [0.15, 0.2) is 12.1 Å². The molecule has 1 heterocycles. The molecule has 0 bridgehead atoms. The number of hydrogen-bond acceptors (Lipinski definition) is 4. The van der Waals surface area contributed by atoms with Crippen LogP contribution in [0.25, 0.3) is 0 Å². The van der Waals surface area contributed by atoms with E-state index in [1.54, 1.807) is 0 Å². The summed E-state index contributed by atoms with van der Waals surface area (Å²) in [6, 6.07) is 2.21. The van der Waals surface area contributed by atoms with Gasteiger partial charge in [-0.1, -0.05) is 23.2 Å². The van der Waals surface area contributed by atoms with Crippen LogP contribution >= 0.6 is 23.2 Å². The molecule has 2 rings (SSSR count). The summed E-state index contributed by atoms with van der Waals surface area (Å²) in [6.45, 7) is 0.669. The van der Waals surface area contributed by atoms with Crippen molar-refractivity contribution >= 4 is 34.8 Å². The number of non-ortho nitro benzene ring substituents is 1. The van der Waals surface area contributed by atoms with Crippen LogP contribution in [0.2, 0.25) is 10.0 Å². The molecule has 1 amide bonds. The van der Waals surface area contributed by atoms with Crippen LogP contribution in [0.3, 0.4) is 0 Å². The van der Waals surface area contributed by atoms with Crippen molar-refractivity contribution in [2.75, 3.05) is 13.1 Å². The van der Waals surface area contributed by atoms with Crippen molar-refractivity contribution in [2.24, 2.45) is 0 Å². The number of nitro groups is 1. The van der Waals surface area contributed by atoms with E-state index in [1.165, 1.54) is 4.90 Å². The molecule has 1 aromatic carbocycles. The van der Waals surface area contributed by atoms with Gasteiger partial charge in [-0.3, -0.25) is 14.9 Å². The first-order valence-corrected chi connectivity index (χ1v) is 6.76. The summed E-state index contributed by atoms with van der Waals surface area (Å²) in [7, 11) is 0. The van der Waals surface area contributed by atoms with E-state index < -0.39 is 16.9 Å². The molecule has 1 fully saturated rings. The maximum atomic E-state index is 12.3. The van der Waals surface area contributed by atoms with Gasteiger partial charge in [-0.05, 0) is 12.8 Å². The van der Waals surface area contributed by atoms with Gasteiger partial charge in [0.25, 0.3) is 11.6 Å². The number of carbonyl (C=O) groups excluding carboxylic acids is 1. The Balaban J connectivity index is 2.35. The number of β-amino-alcohol motifs (C(OH)–C–C–N with tert-alkyl or cyclic N) is 1. The smallest absolute Gasteiger partial charge is 0.271 e. The first-order chi connectivity index (χ1) is 9.40. The Bertz CT molecular complexity index is 565. The molecular formula is C12H12Cl2N2O4. The lowest BCUT2D eigenvalue weighted by atomic mass is 10.1. The van der Waals surface area contributed by atoms with Crippen LogP contribution in [0.5, 0.6) is 0 Å². The fraction of sp³-hybridized carbons (Fsp3) is 0.417. The summed E-state index contributed by atoms with van der Waals surface area (Å²) in [5.74, 6) is -0.459. The van der Waals surface area contributed by atoms with Gasteiger partial charge in [-0.2, -0.15) is 0 Å². The molecular weight excluding hydrogens is 307 g/mol. The van der Waals surface area contributed by atoms with E-state index in [1.807, 2.05) is 0 Å². The van der Waals surface area contributed by atoms with Gasteiger partial charge in [0.2, 0.25) is 0 Å². The fourth-order valence-corrected chi connectivity index (χ4v) is 2.55. The molecule has 1 N–H and O–H groups in total. The van der Waals surface area contributed by atoms with Gasteiger partial charge >= 0.3 is 0 Å². The number of hydrogen-bond donors (Lipinski definition) is 1. The molecule has 6 nitrogen and oxygen atoms in total. The number of benzene rings is 1. The number of nitro benzene ring substituents is 1. The third-order valence-corrected chi connectivity index (χ3v) is 3.94. The number of carbonyl (C=O) groups is 1. The van der Waals surface area contributed by atoms with E-state index in [2.05, 4.69) is 0 Å². The summed E-state index contributed by atoms with van der Waals surface area (Å²) in [5.41, 5.74) is -0.305. The van der Waals surface area contributed by atoms with Gasteiger partial charge in [0.15, 0.2) is 0 Å². The zero-order chi connectivity index (χ0) is 14.9. The number of aliphatic hydroxyl groups is 1. The van der Waals surface area contributed by atoms with Crippen molar-refractivity contribution in [2.45, 2.75) is 18.9 Å². The molecule has 1 atom stereocenters. The highest BCUT2D eigenvalue weighted by Crippen LogP contribution is 2.32. The predicted octanol–water partition coefficient (Wildman–Crippen LogP) is 2.50. The lowest BCUT2D eigenvalue weighted by Crippen LogP contribution is -2.42. The number of rotatable bonds is 2. The molecule has 1 aromatic rings. The highest BCUT2D eigenvalue weighted by molar-refractivity contribution is 6.44. The molecule has 0 unspecified atom stereocenters. The molecule has 1 aliphatic heterocycles. The standard InChI is InChI=1S/C12H12Cl2N2O4/c13-10-5-7(16(19)20)4-9(11(10)14)12(18)15-3-1-2-8(17)6-15/h4-5,8,17H,1-3,6H2/t8-/m0/s1. The van der Waals surface area contributed by atoms with E-state index in [4.69, 9.17) is 23.2 Å². The monoisotopic (exact) mass is 318 g/mol. The third kappa shape index (κ3) is 3.03. The molecule has 108 valence electrons. The highest BCUT2D eigenvalue weighted by atomic mass is 35.5. The second-order valence-corrected chi connectivity index (χ2v) is 5.38. The normalized spacial score (nSPS) is 18.9. The van der Waals surface area contributed by atoms with Gasteiger partial charge < -0.3 is 10.0 Å². The van der Waals surface area contributed by atoms with Crippen molar-refractivity contribution in [1.29, 1.82) is 0 Å². The fourth-order valence-electron chi connectivity index (χ4n) is 2.15. The van der Waals surface area contributed by atoms with E-state index in [0.29, 0.717) is 19.4 Å². The largest absolute Gasteiger partial charge is 0.391 e. The van der Waals surface area contributed by atoms with E-state index >= 15 is 0 Å². The molecule has 1 saturated heterocycles. The molecule has 0 aromatic heterocycles. The van der Waals surface area contributed by atoms with Crippen molar-refractivity contribution in [1.82, 2.24) is 4.90 Å². The Kier molecular flexibility index (Phi) is 4.47. The third-order valence-electron chi connectivity index (χ3n) is 3.14. The van der Waals surface area contributed by atoms with Crippen LogP contribution in [0, 0.1) is 10.1 Å². The van der Waals surface area contributed by atoms with Crippen LogP contribution in [0.4, 0.5) is 5.69 Å². The van der Waals surface area contributed by atoms with Crippen LogP contribution in [0.1, 0.15) is 23.2 Å². The minimum Gasteiger partial charge on any atom is -0.391 e. The van der Waals surface area contributed by atoms with Gasteiger partial charge in [-0.15, -0.1) is 0 Å². The van der Waals surface area contributed by atoms with E-state index in [0.717, 1.165) is 12.1 Å². The maximum absolute atomic E-state index is 12.3. The van der Waals surface area contributed by atoms with Crippen molar-refractivity contribution in [3.05, 3.63) is 37.9 Å². The molecule has 20 heavy (non-hydrogen) atoms. The molecule has 1 aliphatic rings. The Morgan fingerprint density at radius 3 is 2.75 bits per heavy atom. The number of aliphatic hydroxyl groups excluding tert-OH is 1. The average molecular weight is 319 g/mol. The predicted molar refractivity (Wildman–Crippen MR) is 74.3 cm³/mol. The van der Waals surface area contributed by atoms with Gasteiger partial charge in [-0.25, -0.2) is 0 Å². The SMILES string of the molecule is O=C(c1cc([N+](=O)[O-])cc(Cl)c1Cl)N1CCC[C@H](O)C1. The van der Waals surface area contributed by atoms with Gasteiger partial charge in [0.05, 0.1) is 26.6 Å². The Labute approximate surface area is 125 Å². The lowest BCUT2D eigenvalue weighted by molar-refractivity contribution is -0.384. The number of likely N-dealkylation sites (tertiary alicyclic amines) is 1. The number of nitrogens with zero attached hydrogens (tertiary/aromatic N) is 2. The summed E-state index contributed by atoms with van der Waals surface area (Å²) in [6.07, 6.45) is 0.723. The molecule has 0 saturated carbocycles. The first kappa shape index (κ1) is 15.0. The molecule has 8 heteroatoms. The van der Waals surface area contributed by atoms with Crippen molar-refractivity contribution in [3.63, 3.8) is 0 Å². The summed E-state index contributed by atoms with van der Waals surface area (Å²) in [4.78, 5) is 23.9. The van der Waals surface area contributed by atoms with Crippen molar-refractivity contribution in [3.8, 4) is 0 Å². The Hall–Kier alpha value is -1.37. The van der Waals surface area contributed by atoms with Crippen LogP contribution in [-0.4, -0.2) is 40.0 Å². The Morgan fingerprint density at radius 2 is 2.15 bits per heavy atom. The van der Waals surface area contributed by atoms with Gasteiger partial charge in [0, 0.05) is 25.2 Å². The molecule has 0 aliphatic carbocycles. The van der Waals surface area contributed by atoms with Crippen LogP contribution in [-0.2, 0) is 0 Å². The van der Waals surface area contributed by atoms with Gasteiger partial charge in [0.1, 0.15) is 0 Å². The number of piperidine rings is 1. The number of halogens is 2. The second kappa shape index (κ2) is 5.95. The van der Waals surface area contributed by atoms with Crippen molar-refractivity contribution < 1.29 is 14.8 Å². The first-order valence-electron chi connectivity index (χ1n) is 6.01. The zero-order valence-corrected chi connectivity index (χ0v) is 11.9.